The normalized spacial score (nSPS) is 20.0. The molecule has 17 heteroatoms. The van der Waals surface area contributed by atoms with Crippen molar-refractivity contribution in [1.29, 1.82) is 0 Å². The lowest BCUT2D eigenvalue weighted by Crippen LogP contribution is -2.51. The number of rotatable bonds is 14. The predicted octanol–water partition coefficient (Wildman–Crippen LogP) is 7.21. The molecule has 3 aliphatic rings. The van der Waals surface area contributed by atoms with Crippen molar-refractivity contribution in [2.24, 2.45) is 0 Å². The van der Waals surface area contributed by atoms with E-state index < -0.39 is 26.2 Å². The summed E-state index contributed by atoms with van der Waals surface area (Å²) in [6, 6.07) is 11.4. The topological polar surface area (TPSA) is 166 Å². The zero-order valence-corrected chi connectivity index (χ0v) is 33.6. The van der Waals surface area contributed by atoms with Crippen molar-refractivity contribution in [3.8, 4) is 11.5 Å². The first-order chi connectivity index (χ1) is 25.8. The number of alkyl halides is 1. The van der Waals surface area contributed by atoms with Crippen molar-refractivity contribution in [2.75, 3.05) is 48.2 Å². The predicted molar refractivity (Wildman–Crippen MR) is 212 cm³/mol. The lowest BCUT2D eigenvalue weighted by molar-refractivity contribution is -0.118. The number of carbonyl (C=O) groups excluding carboxylic acids is 3. The number of aryl methyl sites for hydroxylation is 1. The third kappa shape index (κ3) is 8.62. The summed E-state index contributed by atoms with van der Waals surface area (Å²) in [6.07, 6.45) is 3.30. The number of halogens is 1. The monoisotopic (exact) mass is 821 g/mol. The fraction of sp³-hybridized carbons (Fsp3) is 0.486. The highest BCUT2D eigenvalue weighted by Gasteiger charge is 2.45. The lowest BCUT2D eigenvalue weighted by Gasteiger charge is -2.32. The SMILES string of the molecule is CSSC(C)COC(=O)N1c2cc(OCCCCCC(=O)N3C[C@@H](CCl)c4c3cc(OP(=O)(O)O)c3ccccc43)c(C)cc2C(=O)N2CCC[C@H]2C1O. The summed E-state index contributed by atoms with van der Waals surface area (Å²) in [5.41, 5.74) is 2.64. The molecule has 0 radical (unpaired) electrons. The Labute approximate surface area is 327 Å². The van der Waals surface area contributed by atoms with Gasteiger partial charge in [0.05, 0.1) is 29.6 Å². The van der Waals surface area contributed by atoms with Crippen molar-refractivity contribution in [2.45, 2.75) is 75.8 Å². The van der Waals surface area contributed by atoms with Crippen LogP contribution in [0.4, 0.5) is 16.2 Å². The standard InChI is InChI=1S/C37H45ClN3O10PS2/c1-22-16-27-29(41(37(45)50-21-23(2)54-53-3)36(44)28-12-9-14-39(28)35(27)43)17-31(22)49-15-8-4-5-13-33(42)40-20-24(19-38)34-26-11-7-6-10-25(26)32(18-30(34)40)51-52(46,47)48/h6-7,10-11,16-18,23-24,28,36,44H,4-5,8-9,12-15,19-21H2,1-3H3,(H2,46,47,48)/t23?,24-,28+,36?/m1/s1. The molecule has 3 aromatic carbocycles. The molecule has 0 aliphatic carbocycles. The molecule has 3 N–H and O–H groups in total. The van der Waals surface area contributed by atoms with E-state index >= 15 is 0 Å². The number of anilines is 2. The minimum atomic E-state index is -4.86. The van der Waals surface area contributed by atoms with Gasteiger partial charge in [-0.15, -0.1) is 11.6 Å². The second-order valence-electron chi connectivity index (χ2n) is 13.7. The lowest BCUT2D eigenvalue weighted by atomic mass is 9.95. The fourth-order valence-corrected chi connectivity index (χ4v) is 9.80. The molecule has 3 amide bonds. The molecule has 2 unspecified atom stereocenters. The molecular weight excluding hydrogens is 777 g/mol. The van der Waals surface area contributed by atoms with Crippen LogP contribution in [0.25, 0.3) is 10.8 Å². The van der Waals surface area contributed by atoms with E-state index in [4.69, 9.17) is 25.6 Å². The average Bonchev–Trinajstić information content (AvgIpc) is 3.76. The highest BCUT2D eigenvalue weighted by atomic mass is 35.5. The van der Waals surface area contributed by atoms with Crippen LogP contribution in [-0.4, -0.2) is 93.7 Å². The Hall–Kier alpha value is -3.17. The maximum atomic E-state index is 13.7. The van der Waals surface area contributed by atoms with Crippen LogP contribution in [0, 0.1) is 6.92 Å². The van der Waals surface area contributed by atoms with Crippen molar-refractivity contribution in [1.82, 2.24) is 4.90 Å². The Bertz CT molecular complexity index is 1950. The molecule has 1 saturated heterocycles. The van der Waals surface area contributed by atoms with Crippen LogP contribution in [0.15, 0.2) is 42.5 Å². The van der Waals surface area contributed by atoms with Crippen molar-refractivity contribution < 1.29 is 47.8 Å². The summed E-state index contributed by atoms with van der Waals surface area (Å²) in [4.78, 5) is 64.3. The number of aliphatic hydroxyl groups excluding tert-OH is 1. The van der Waals surface area contributed by atoms with Crippen molar-refractivity contribution in [3.63, 3.8) is 0 Å². The second-order valence-corrected chi connectivity index (χ2v) is 18.1. The van der Waals surface area contributed by atoms with Crippen LogP contribution in [-0.2, 0) is 14.1 Å². The van der Waals surface area contributed by atoms with E-state index in [9.17, 15) is 33.8 Å². The summed E-state index contributed by atoms with van der Waals surface area (Å²) in [5.74, 6) is 0.184. The number of hydrogen-bond acceptors (Lipinski definition) is 10. The van der Waals surface area contributed by atoms with Gasteiger partial charge in [-0.3, -0.25) is 19.4 Å². The van der Waals surface area contributed by atoms with Crippen LogP contribution in [0.5, 0.6) is 11.5 Å². The van der Waals surface area contributed by atoms with E-state index in [0.717, 1.165) is 17.4 Å². The minimum absolute atomic E-state index is 0.00458. The van der Waals surface area contributed by atoms with Crippen LogP contribution in [0.3, 0.4) is 0 Å². The van der Waals surface area contributed by atoms with Crippen LogP contribution in [0.1, 0.15) is 72.9 Å². The fourth-order valence-electron chi connectivity index (χ4n) is 7.53. The van der Waals surface area contributed by atoms with Gasteiger partial charge in [0.1, 0.15) is 18.1 Å². The van der Waals surface area contributed by atoms with Crippen LogP contribution < -0.4 is 19.1 Å². The molecule has 3 aliphatic heterocycles. The quantitative estimate of drug-likeness (QED) is 0.0649. The van der Waals surface area contributed by atoms with Gasteiger partial charge in [0.25, 0.3) is 5.91 Å². The van der Waals surface area contributed by atoms with E-state index in [1.54, 1.807) is 55.7 Å². The molecule has 4 atom stereocenters. The van der Waals surface area contributed by atoms with E-state index in [2.05, 4.69) is 0 Å². The maximum absolute atomic E-state index is 13.7. The van der Waals surface area contributed by atoms with E-state index in [-0.39, 0.29) is 53.3 Å². The third-order valence-electron chi connectivity index (χ3n) is 9.98. The van der Waals surface area contributed by atoms with E-state index in [1.165, 1.54) is 11.0 Å². The number of fused-ring (bicyclic) bond motifs is 5. The molecule has 0 aromatic heterocycles. The Morgan fingerprint density at radius 1 is 1.07 bits per heavy atom. The van der Waals surface area contributed by atoms with Gasteiger partial charge in [-0.2, -0.15) is 0 Å². The maximum Gasteiger partial charge on any atom is 0.524 e. The first-order valence-electron chi connectivity index (χ1n) is 17.9. The zero-order valence-electron chi connectivity index (χ0n) is 30.3. The van der Waals surface area contributed by atoms with Gasteiger partial charge < -0.3 is 28.9 Å². The first-order valence-corrected chi connectivity index (χ1v) is 22.6. The number of unbranched alkanes of at least 4 members (excludes halogenated alkanes) is 2. The molecule has 1 fully saturated rings. The number of ether oxygens (including phenoxy) is 2. The Morgan fingerprint density at radius 3 is 2.54 bits per heavy atom. The summed E-state index contributed by atoms with van der Waals surface area (Å²) in [5, 5.41) is 12.8. The Morgan fingerprint density at radius 2 is 1.81 bits per heavy atom. The van der Waals surface area contributed by atoms with Gasteiger partial charge in [-0.1, -0.05) is 45.9 Å². The molecule has 292 valence electrons. The Kier molecular flexibility index (Phi) is 13.0. The van der Waals surface area contributed by atoms with Gasteiger partial charge in [-0.05, 0) is 74.8 Å². The average molecular weight is 822 g/mol. The minimum Gasteiger partial charge on any atom is -0.493 e. The van der Waals surface area contributed by atoms with Crippen molar-refractivity contribution >= 4 is 81.1 Å². The summed E-state index contributed by atoms with van der Waals surface area (Å²) in [6.45, 7) is 5.06. The van der Waals surface area contributed by atoms with Gasteiger partial charge in [0.2, 0.25) is 5.91 Å². The van der Waals surface area contributed by atoms with Crippen molar-refractivity contribution in [3.05, 3.63) is 59.2 Å². The van der Waals surface area contributed by atoms with Crippen LogP contribution >= 0.6 is 41.0 Å². The molecule has 0 spiro atoms. The first kappa shape index (κ1) is 40.5. The number of nitrogens with zero attached hydrogens (tertiary/aromatic N) is 3. The molecule has 0 bridgehead atoms. The molecule has 3 aromatic rings. The molecule has 3 heterocycles. The molecular formula is C37H45ClN3O10PS2. The van der Waals surface area contributed by atoms with E-state index in [1.807, 2.05) is 32.2 Å². The zero-order chi connectivity index (χ0) is 38.7. The molecule has 0 saturated carbocycles. The summed E-state index contributed by atoms with van der Waals surface area (Å²) < 4.78 is 28.6. The smallest absolute Gasteiger partial charge is 0.493 e. The third-order valence-corrected chi connectivity index (χ3v) is 13.0. The number of phosphoric acid groups is 1. The summed E-state index contributed by atoms with van der Waals surface area (Å²) in [7, 11) is -1.72. The van der Waals surface area contributed by atoms with Gasteiger partial charge >= 0.3 is 13.9 Å². The number of hydrogen-bond donors (Lipinski definition) is 3. The highest BCUT2D eigenvalue weighted by Crippen LogP contribution is 2.49. The van der Waals surface area contributed by atoms with E-state index in [0.29, 0.717) is 73.3 Å². The molecule has 6 rings (SSSR count). The number of benzene rings is 3. The number of aliphatic hydroxyl groups is 1. The molecule has 54 heavy (non-hydrogen) atoms. The highest BCUT2D eigenvalue weighted by molar-refractivity contribution is 8.76. The molecule has 13 nitrogen and oxygen atoms in total. The van der Waals surface area contributed by atoms with Crippen LogP contribution in [0.2, 0.25) is 0 Å². The largest absolute Gasteiger partial charge is 0.524 e. The number of carbonyl (C=O) groups is 3. The Balaban J connectivity index is 1.11. The second kappa shape index (κ2) is 17.3. The number of amides is 3. The number of phosphoric ester groups is 1. The van der Waals surface area contributed by atoms with Gasteiger partial charge in [0, 0.05) is 54.1 Å². The van der Waals surface area contributed by atoms with Gasteiger partial charge in [-0.25, -0.2) is 14.3 Å². The summed E-state index contributed by atoms with van der Waals surface area (Å²) >= 11 is 6.35. The van der Waals surface area contributed by atoms with Gasteiger partial charge in [0.15, 0.2) is 6.23 Å².